The molecule has 5 rings (SSSR count). The smallest absolute Gasteiger partial charge is 0.338 e. The maximum atomic E-state index is 14.0. The first kappa shape index (κ1) is 29.4. The van der Waals surface area contributed by atoms with E-state index in [4.69, 9.17) is 32.7 Å². The fourth-order valence-corrected chi connectivity index (χ4v) is 6.94. The third kappa shape index (κ3) is 5.32. The SMILES string of the molecule is CCOC(=O)C1=C(C)N=c2s/c(=C/c3cc(C)n(-c4ccc(Cl)c(Cl)c4)c3C)c(=O)n2[C@H]1c1ccc(OC)c(Br)c1. The molecular weight excluding hydrogens is 649 g/mol. The Morgan fingerprint density at radius 1 is 1.12 bits per heavy atom. The summed E-state index contributed by atoms with van der Waals surface area (Å²) in [6, 6.07) is 12.3. The maximum Gasteiger partial charge on any atom is 0.338 e. The van der Waals surface area contributed by atoms with Gasteiger partial charge >= 0.3 is 5.97 Å². The van der Waals surface area contributed by atoms with Crippen LogP contribution >= 0.6 is 50.5 Å². The first-order chi connectivity index (χ1) is 19.5. The minimum Gasteiger partial charge on any atom is -0.496 e. The molecule has 1 aliphatic heterocycles. The molecule has 2 aromatic carbocycles. The lowest BCUT2D eigenvalue weighted by Crippen LogP contribution is -2.40. The topological polar surface area (TPSA) is 74.8 Å². The highest BCUT2D eigenvalue weighted by atomic mass is 79.9. The van der Waals surface area contributed by atoms with E-state index in [-0.39, 0.29) is 12.2 Å². The maximum absolute atomic E-state index is 14.0. The zero-order valence-corrected chi connectivity index (χ0v) is 26.8. The van der Waals surface area contributed by atoms with E-state index in [9.17, 15) is 9.59 Å². The summed E-state index contributed by atoms with van der Waals surface area (Å²) in [5, 5.41) is 0.944. The number of nitrogens with zero attached hydrogens (tertiary/aromatic N) is 3. The summed E-state index contributed by atoms with van der Waals surface area (Å²) < 4.78 is 15.6. The summed E-state index contributed by atoms with van der Waals surface area (Å²) in [5.41, 5.74) is 4.96. The number of benzene rings is 2. The predicted molar refractivity (Wildman–Crippen MR) is 166 cm³/mol. The number of carbonyl (C=O) groups excluding carboxylic acids is 1. The minimum atomic E-state index is -0.724. The van der Waals surface area contributed by atoms with Gasteiger partial charge in [0.2, 0.25) is 0 Å². The number of esters is 1. The lowest BCUT2D eigenvalue weighted by atomic mass is 9.96. The molecule has 3 heterocycles. The number of rotatable bonds is 6. The van der Waals surface area contributed by atoms with E-state index in [1.54, 1.807) is 37.7 Å². The van der Waals surface area contributed by atoms with Crippen LogP contribution < -0.4 is 19.6 Å². The second-order valence-electron chi connectivity index (χ2n) is 9.46. The Labute approximate surface area is 259 Å². The van der Waals surface area contributed by atoms with Crippen LogP contribution in [0.1, 0.15) is 42.4 Å². The summed E-state index contributed by atoms with van der Waals surface area (Å²) in [6.45, 7) is 7.69. The summed E-state index contributed by atoms with van der Waals surface area (Å²) in [7, 11) is 1.58. The van der Waals surface area contributed by atoms with Gasteiger partial charge in [0.1, 0.15) is 5.75 Å². The van der Waals surface area contributed by atoms with Gasteiger partial charge in [-0.25, -0.2) is 9.79 Å². The Balaban J connectivity index is 1.70. The summed E-state index contributed by atoms with van der Waals surface area (Å²) in [6.07, 6.45) is 1.87. The molecule has 11 heteroatoms. The molecule has 0 amide bonds. The lowest BCUT2D eigenvalue weighted by Gasteiger charge is -2.25. The molecule has 0 radical (unpaired) electrons. The summed E-state index contributed by atoms with van der Waals surface area (Å²) in [4.78, 5) is 32.4. The summed E-state index contributed by atoms with van der Waals surface area (Å²) >= 11 is 17.2. The molecule has 4 aromatic rings. The summed E-state index contributed by atoms with van der Waals surface area (Å²) in [5.74, 6) is 0.127. The Kier molecular flexibility index (Phi) is 8.34. The number of aromatic nitrogens is 2. The number of fused-ring (bicyclic) bond motifs is 1. The number of ether oxygens (including phenoxy) is 2. The van der Waals surface area contributed by atoms with Crippen molar-refractivity contribution >= 4 is 62.5 Å². The van der Waals surface area contributed by atoms with Gasteiger partial charge in [-0.2, -0.15) is 0 Å². The Hall–Kier alpha value is -3.11. The molecule has 0 saturated heterocycles. The average Bonchev–Trinajstić information content (AvgIpc) is 3.38. The van der Waals surface area contributed by atoms with Gasteiger partial charge in [0, 0.05) is 17.1 Å². The quantitative estimate of drug-likeness (QED) is 0.226. The molecule has 41 heavy (non-hydrogen) atoms. The second-order valence-corrected chi connectivity index (χ2v) is 12.1. The van der Waals surface area contributed by atoms with E-state index in [2.05, 4.69) is 25.5 Å². The number of aryl methyl sites for hydroxylation is 1. The molecule has 0 fully saturated rings. The van der Waals surface area contributed by atoms with Crippen LogP contribution in [0, 0.1) is 13.8 Å². The van der Waals surface area contributed by atoms with E-state index in [1.165, 1.54) is 11.3 Å². The number of halogens is 3. The molecule has 1 aliphatic rings. The standard InChI is InChI=1S/C30H26BrCl2N3O4S/c1-6-40-29(38)26-16(3)34-30-36(27(26)18-7-10-24(39-5)21(31)12-18)28(37)25(41-30)13-19-11-15(2)35(17(19)4)20-8-9-22(32)23(33)14-20/h7-14,27H,6H2,1-5H3/b25-13+/t27-/m0/s1. The molecule has 0 unspecified atom stereocenters. The fourth-order valence-electron chi connectivity index (χ4n) is 5.06. The van der Waals surface area contributed by atoms with Crippen molar-refractivity contribution in [3.8, 4) is 11.4 Å². The average molecular weight is 675 g/mol. The van der Waals surface area contributed by atoms with Gasteiger partial charge < -0.3 is 14.0 Å². The number of hydrogen-bond donors (Lipinski definition) is 0. The highest BCUT2D eigenvalue weighted by Crippen LogP contribution is 2.35. The number of allylic oxidation sites excluding steroid dienone is 1. The zero-order chi connectivity index (χ0) is 29.6. The molecule has 2 aromatic heterocycles. The largest absolute Gasteiger partial charge is 0.496 e. The van der Waals surface area contributed by atoms with Crippen LogP contribution in [0.5, 0.6) is 5.75 Å². The highest BCUT2D eigenvalue weighted by molar-refractivity contribution is 9.10. The van der Waals surface area contributed by atoms with Crippen molar-refractivity contribution < 1.29 is 14.3 Å². The molecule has 7 nitrogen and oxygen atoms in total. The van der Waals surface area contributed by atoms with Gasteiger partial charge in [-0.15, -0.1) is 0 Å². The Morgan fingerprint density at radius 3 is 2.54 bits per heavy atom. The second kappa shape index (κ2) is 11.6. The normalized spacial score (nSPS) is 15.1. The van der Waals surface area contributed by atoms with E-state index in [0.29, 0.717) is 40.9 Å². The van der Waals surface area contributed by atoms with Gasteiger partial charge in [-0.1, -0.05) is 40.6 Å². The monoisotopic (exact) mass is 673 g/mol. The third-order valence-electron chi connectivity index (χ3n) is 6.93. The molecule has 212 valence electrons. The van der Waals surface area contributed by atoms with Crippen molar-refractivity contribution in [2.45, 2.75) is 33.7 Å². The van der Waals surface area contributed by atoms with E-state index in [0.717, 1.165) is 28.2 Å². The molecule has 0 N–H and O–H groups in total. The molecule has 0 spiro atoms. The van der Waals surface area contributed by atoms with Gasteiger partial charge in [0.15, 0.2) is 4.80 Å². The van der Waals surface area contributed by atoms with Crippen LogP contribution in [0.3, 0.4) is 0 Å². The number of hydrogen-bond acceptors (Lipinski definition) is 6. The number of methoxy groups -OCH3 is 1. The fraction of sp³-hybridized carbons (Fsp3) is 0.233. The van der Waals surface area contributed by atoms with Crippen molar-refractivity contribution in [2.75, 3.05) is 13.7 Å². The Morgan fingerprint density at radius 2 is 1.88 bits per heavy atom. The lowest BCUT2D eigenvalue weighted by molar-refractivity contribution is -0.139. The molecule has 0 bridgehead atoms. The first-order valence-electron chi connectivity index (χ1n) is 12.7. The van der Waals surface area contributed by atoms with Crippen LogP contribution in [0.25, 0.3) is 11.8 Å². The highest BCUT2D eigenvalue weighted by Gasteiger charge is 2.33. The third-order valence-corrected chi connectivity index (χ3v) is 9.27. The van der Waals surface area contributed by atoms with Crippen LogP contribution in [-0.4, -0.2) is 28.8 Å². The zero-order valence-electron chi connectivity index (χ0n) is 22.9. The predicted octanol–water partition coefficient (Wildman–Crippen LogP) is 6.28. The molecular formula is C30H26BrCl2N3O4S. The van der Waals surface area contributed by atoms with Gasteiger partial charge in [0.05, 0.1) is 50.1 Å². The van der Waals surface area contributed by atoms with Gasteiger partial charge in [0.25, 0.3) is 5.56 Å². The molecule has 0 aliphatic carbocycles. The van der Waals surface area contributed by atoms with Crippen molar-refractivity contribution in [1.82, 2.24) is 9.13 Å². The molecule has 0 saturated carbocycles. The van der Waals surface area contributed by atoms with Crippen molar-refractivity contribution in [1.29, 1.82) is 0 Å². The van der Waals surface area contributed by atoms with Crippen molar-refractivity contribution in [2.24, 2.45) is 4.99 Å². The van der Waals surface area contributed by atoms with Gasteiger partial charge in [-0.05, 0) is 97.2 Å². The number of carbonyl (C=O) groups is 1. The van der Waals surface area contributed by atoms with Crippen LogP contribution in [0.15, 0.2) is 68.0 Å². The molecule has 1 atom stereocenters. The first-order valence-corrected chi connectivity index (χ1v) is 15.1. The van der Waals surface area contributed by atoms with Crippen LogP contribution in [0.2, 0.25) is 10.0 Å². The van der Waals surface area contributed by atoms with Crippen LogP contribution in [-0.2, 0) is 9.53 Å². The van der Waals surface area contributed by atoms with E-state index >= 15 is 0 Å². The van der Waals surface area contributed by atoms with E-state index in [1.807, 2.05) is 50.3 Å². The van der Waals surface area contributed by atoms with Crippen molar-refractivity contribution in [3.63, 3.8) is 0 Å². The number of thiazole rings is 1. The van der Waals surface area contributed by atoms with E-state index < -0.39 is 12.0 Å². The minimum absolute atomic E-state index is 0.202. The van der Waals surface area contributed by atoms with Gasteiger partial charge in [-0.3, -0.25) is 9.36 Å². The van der Waals surface area contributed by atoms with Crippen molar-refractivity contribution in [3.05, 3.63) is 110 Å². The Bertz CT molecular complexity index is 1920. The van der Waals surface area contributed by atoms with Crippen LogP contribution in [0.4, 0.5) is 0 Å².